The molecule has 2 saturated heterocycles. The molecule has 5 amide bonds. The first-order valence-corrected chi connectivity index (χ1v) is 15.8. The van der Waals surface area contributed by atoms with Gasteiger partial charge in [0.2, 0.25) is 11.8 Å². The van der Waals surface area contributed by atoms with Crippen LogP contribution < -0.4 is 10.6 Å². The molecule has 15 heteroatoms. The number of nitrogens with zero attached hydrogens (tertiary/aromatic N) is 5. The number of halogens is 3. The highest BCUT2D eigenvalue weighted by molar-refractivity contribution is 6.23. The normalized spacial score (nSPS) is 21.9. The number of likely N-dealkylation sites (tertiary alicyclic amines) is 1. The van der Waals surface area contributed by atoms with Crippen LogP contribution in [0.4, 0.5) is 18.9 Å². The second-order valence-corrected chi connectivity index (χ2v) is 12.7. The number of nitrogens with one attached hydrogen (secondary N) is 2. The van der Waals surface area contributed by atoms with Crippen LogP contribution in [0.15, 0.2) is 53.5 Å². The highest BCUT2D eigenvalue weighted by Crippen LogP contribution is 2.41. The van der Waals surface area contributed by atoms with E-state index in [0.29, 0.717) is 49.9 Å². The third-order valence-corrected chi connectivity index (χ3v) is 9.75. The number of anilines is 1. The maximum absolute atomic E-state index is 13.4. The number of imide groups is 2. The molecule has 4 heterocycles. The highest BCUT2D eigenvalue weighted by atomic mass is 19.4. The Morgan fingerprint density at radius 1 is 1.08 bits per heavy atom. The lowest BCUT2D eigenvalue weighted by molar-refractivity contribution is -0.150. The zero-order valence-corrected chi connectivity index (χ0v) is 25.9. The number of aromatic nitrogens is 2. The number of carbonyl (C=O) groups excluding carboxylic acids is 5. The Kier molecular flexibility index (Phi) is 7.66. The van der Waals surface area contributed by atoms with Crippen molar-refractivity contribution >= 4 is 35.2 Å². The number of carbonyl (C=O) groups is 5. The van der Waals surface area contributed by atoms with Gasteiger partial charge in [0, 0.05) is 42.7 Å². The average molecular weight is 672 g/mol. The van der Waals surface area contributed by atoms with Gasteiger partial charge in [-0.15, -0.1) is 0 Å². The van der Waals surface area contributed by atoms with Crippen molar-refractivity contribution in [3.05, 3.63) is 70.2 Å². The molecule has 1 aromatic carbocycles. The number of nitriles is 1. The first-order chi connectivity index (χ1) is 23.4. The van der Waals surface area contributed by atoms with E-state index in [1.165, 1.54) is 23.0 Å². The summed E-state index contributed by atoms with van der Waals surface area (Å²) in [6.45, 7) is 1.21. The maximum atomic E-state index is 13.4. The molecule has 7 rings (SSSR count). The third-order valence-electron chi connectivity index (χ3n) is 9.75. The maximum Gasteiger partial charge on any atom is 0.417 e. The fourth-order valence-corrected chi connectivity index (χ4v) is 6.84. The predicted molar refractivity (Wildman–Crippen MR) is 163 cm³/mol. The first kappa shape index (κ1) is 31.9. The van der Waals surface area contributed by atoms with E-state index in [9.17, 15) is 37.1 Å². The Hall–Kier alpha value is -5.70. The largest absolute Gasteiger partial charge is 0.417 e. The fourth-order valence-electron chi connectivity index (χ4n) is 6.84. The molecule has 2 aromatic rings. The molecule has 0 spiro atoms. The zero-order valence-electron chi connectivity index (χ0n) is 25.9. The van der Waals surface area contributed by atoms with Crippen molar-refractivity contribution in [1.82, 2.24) is 24.9 Å². The van der Waals surface area contributed by atoms with E-state index in [4.69, 9.17) is 5.26 Å². The molecule has 1 unspecified atom stereocenters. The van der Waals surface area contributed by atoms with Crippen molar-refractivity contribution in [2.45, 2.75) is 62.7 Å². The van der Waals surface area contributed by atoms with E-state index in [-0.39, 0.29) is 30.0 Å². The van der Waals surface area contributed by atoms with Crippen LogP contribution in [-0.4, -0.2) is 68.2 Å². The lowest BCUT2D eigenvalue weighted by atomic mass is 9.76. The van der Waals surface area contributed by atoms with Crippen molar-refractivity contribution in [3.8, 4) is 17.9 Å². The molecular formula is C34H28F3N7O5. The van der Waals surface area contributed by atoms with E-state index in [0.717, 1.165) is 29.2 Å². The van der Waals surface area contributed by atoms with E-state index in [1.807, 2.05) is 0 Å². The molecule has 1 atom stereocenters. The lowest BCUT2D eigenvalue weighted by Gasteiger charge is -2.41. The molecule has 12 nitrogen and oxygen atoms in total. The summed E-state index contributed by atoms with van der Waals surface area (Å²) >= 11 is 0. The Bertz CT molecular complexity index is 2000. The summed E-state index contributed by atoms with van der Waals surface area (Å²) in [6.07, 6.45) is 2.85. The molecule has 250 valence electrons. The minimum atomic E-state index is -4.75. The van der Waals surface area contributed by atoms with Gasteiger partial charge in [0.15, 0.2) is 0 Å². The van der Waals surface area contributed by atoms with Gasteiger partial charge in [0.05, 0.1) is 40.4 Å². The Balaban J connectivity index is 0.980. The molecule has 49 heavy (non-hydrogen) atoms. The molecule has 0 bridgehead atoms. The minimum absolute atomic E-state index is 0.0145. The van der Waals surface area contributed by atoms with Gasteiger partial charge >= 0.3 is 6.18 Å². The molecule has 0 radical (unpaired) electrons. The van der Waals surface area contributed by atoms with Gasteiger partial charge in [-0.05, 0) is 62.8 Å². The summed E-state index contributed by atoms with van der Waals surface area (Å²) in [5.41, 5.74) is -0.659. The van der Waals surface area contributed by atoms with Crippen molar-refractivity contribution in [2.24, 2.45) is 5.92 Å². The Morgan fingerprint density at radius 2 is 1.86 bits per heavy atom. The monoisotopic (exact) mass is 671 g/mol. The second kappa shape index (κ2) is 11.8. The summed E-state index contributed by atoms with van der Waals surface area (Å²) in [7, 11) is 0. The number of piperidine rings is 1. The quantitative estimate of drug-likeness (QED) is 0.363. The Labute approximate surface area is 277 Å². The van der Waals surface area contributed by atoms with Crippen molar-refractivity contribution in [1.29, 1.82) is 5.26 Å². The molecule has 1 saturated carbocycles. The zero-order chi connectivity index (χ0) is 34.7. The number of benzene rings is 1. The van der Waals surface area contributed by atoms with Crippen molar-refractivity contribution in [2.75, 3.05) is 18.4 Å². The number of hydrogen-bond acceptors (Lipinski definition) is 8. The lowest BCUT2D eigenvalue weighted by Crippen LogP contribution is -2.54. The molecule has 2 aliphatic carbocycles. The average Bonchev–Trinajstić information content (AvgIpc) is 3.57. The summed E-state index contributed by atoms with van der Waals surface area (Å²) in [5, 5.41) is 18.2. The van der Waals surface area contributed by atoms with Crippen LogP contribution >= 0.6 is 0 Å². The number of alkyl halides is 3. The first-order valence-electron chi connectivity index (χ1n) is 15.8. The van der Waals surface area contributed by atoms with E-state index < -0.39 is 58.4 Å². The van der Waals surface area contributed by atoms with Crippen LogP contribution in [0.3, 0.4) is 0 Å². The standard InChI is InChI=1S/C34H28F3N7O5/c35-34(36,37)26-12-22(5-4-21(26)14-38)40-32(49)33(10-1-11-33)43-18-19(15-39-43)2-3-20-16-42(17-20)23-6-7-24-25(13-23)31(48)44(30(24)47)27-8-9-28(45)41-29(27)46/h4-5,12-13,15,18,20,27H,1,6-11,16-17H2,(H,40,49)(H,41,45,46). The second-order valence-electron chi connectivity index (χ2n) is 12.7. The summed E-state index contributed by atoms with van der Waals surface area (Å²) in [4.78, 5) is 66.5. The molecule has 3 fully saturated rings. The summed E-state index contributed by atoms with van der Waals surface area (Å²) in [5.74, 6) is 3.73. The van der Waals surface area contributed by atoms with Gasteiger partial charge in [0.1, 0.15) is 11.6 Å². The number of allylic oxidation sites excluding steroid dienone is 1. The number of rotatable bonds is 5. The van der Waals surface area contributed by atoms with Gasteiger partial charge in [-0.3, -0.25) is 38.9 Å². The summed E-state index contributed by atoms with van der Waals surface area (Å²) < 4.78 is 41.8. The van der Waals surface area contributed by atoms with Crippen LogP contribution in [0.5, 0.6) is 0 Å². The number of hydrogen-bond donors (Lipinski definition) is 2. The third kappa shape index (κ3) is 5.55. The highest BCUT2D eigenvalue weighted by Gasteiger charge is 2.48. The van der Waals surface area contributed by atoms with Crippen LogP contribution in [0.1, 0.15) is 61.6 Å². The minimum Gasteiger partial charge on any atom is -0.372 e. The van der Waals surface area contributed by atoms with Crippen LogP contribution in [0, 0.1) is 29.1 Å². The smallest absolute Gasteiger partial charge is 0.372 e. The topological polar surface area (TPSA) is 158 Å². The van der Waals surface area contributed by atoms with Crippen LogP contribution in [0.25, 0.3) is 0 Å². The predicted octanol–water partition coefficient (Wildman–Crippen LogP) is 2.72. The van der Waals surface area contributed by atoms with Crippen LogP contribution in [0.2, 0.25) is 0 Å². The van der Waals surface area contributed by atoms with Crippen LogP contribution in [-0.2, 0) is 35.7 Å². The molecule has 1 aromatic heterocycles. The summed E-state index contributed by atoms with van der Waals surface area (Å²) in [6, 6.07) is 3.57. The van der Waals surface area contributed by atoms with E-state index >= 15 is 0 Å². The SMILES string of the molecule is N#Cc1ccc(NC(=O)C2(n3cc(C#CC4CN(C5=CC6=C(CC5)C(=O)N(C5CCC(=O)NC5=O)C6=O)C4)cn3)CCC2)cc1C(F)(F)F. The fraction of sp³-hybridized carbons (Fsp3) is 0.382. The van der Waals surface area contributed by atoms with Gasteiger partial charge in [-0.25, -0.2) is 0 Å². The molecule has 2 N–H and O–H groups in total. The van der Waals surface area contributed by atoms with Gasteiger partial charge < -0.3 is 10.2 Å². The molecule has 3 aliphatic heterocycles. The van der Waals surface area contributed by atoms with E-state index in [2.05, 4.69) is 32.5 Å². The number of amides is 5. The van der Waals surface area contributed by atoms with Gasteiger partial charge in [0.25, 0.3) is 17.7 Å². The molecule has 5 aliphatic rings. The van der Waals surface area contributed by atoms with Gasteiger partial charge in [-0.1, -0.05) is 11.8 Å². The van der Waals surface area contributed by atoms with Crippen molar-refractivity contribution < 1.29 is 37.1 Å². The molecular weight excluding hydrogens is 643 g/mol. The Morgan fingerprint density at radius 3 is 2.53 bits per heavy atom. The van der Waals surface area contributed by atoms with E-state index in [1.54, 1.807) is 12.3 Å². The van der Waals surface area contributed by atoms with Gasteiger partial charge in [-0.2, -0.15) is 23.5 Å². The van der Waals surface area contributed by atoms with Crippen molar-refractivity contribution in [3.63, 3.8) is 0 Å².